The highest BCUT2D eigenvalue weighted by atomic mass is 16.5. The predicted molar refractivity (Wildman–Crippen MR) is 122 cm³/mol. The van der Waals surface area contributed by atoms with E-state index in [1.807, 2.05) is 56.4 Å². The van der Waals surface area contributed by atoms with Crippen LogP contribution in [0.4, 0.5) is 0 Å². The maximum atomic E-state index is 10.2. The molecule has 4 rings (SSSR count). The molecular formula is C26H28N2O2. The average Bonchev–Trinajstić information content (AvgIpc) is 3.09. The quantitative estimate of drug-likeness (QED) is 0.447. The van der Waals surface area contributed by atoms with Gasteiger partial charge in [0.25, 0.3) is 0 Å². The van der Waals surface area contributed by atoms with E-state index < -0.39 is 5.60 Å². The normalized spacial score (nSPS) is 12.0. The number of aromatic nitrogens is 2. The van der Waals surface area contributed by atoms with Crippen LogP contribution in [0.2, 0.25) is 0 Å². The second-order valence-corrected chi connectivity index (χ2v) is 8.57. The number of imidazole rings is 1. The molecule has 0 bridgehead atoms. The second kappa shape index (κ2) is 7.62. The van der Waals surface area contributed by atoms with E-state index in [0.717, 1.165) is 39.3 Å². The molecule has 4 heteroatoms. The van der Waals surface area contributed by atoms with Crippen molar-refractivity contribution in [2.45, 2.75) is 46.3 Å². The van der Waals surface area contributed by atoms with E-state index in [0.29, 0.717) is 0 Å². The first kappa shape index (κ1) is 20.2. The van der Waals surface area contributed by atoms with Crippen LogP contribution in [0.3, 0.4) is 0 Å². The van der Waals surface area contributed by atoms with E-state index in [1.54, 1.807) is 13.8 Å². The van der Waals surface area contributed by atoms with Crippen LogP contribution in [0, 0.1) is 6.92 Å². The molecule has 0 spiro atoms. The fourth-order valence-corrected chi connectivity index (χ4v) is 3.67. The van der Waals surface area contributed by atoms with Crippen molar-refractivity contribution in [3.8, 4) is 28.1 Å². The van der Waals surface area contributed by atoms with Gasteiger partial charge in [-0.1, -0.05) is 36.4 Å². The Bertz CT molecular complexity index is 1160. The van der Waals surface area contributed by atoms with Gasteiger partial charge >= 0.3 is 0 Å². The first-order chi connectivity index (χ1) is 14.2. The van der Waals surface area contributed by atoms with Crippen LogP contribution < -0.4 is 4.74 Å². The molecule has 154 valence electrons. The van der Waals surface area contributed by atoms with Crippen molar-refractivity contribution in [2.24, 2.45) is 0 Å². The molecule has 1 N–H and O–H groups in total. The van der Waals surface area contributed by atoms with Crippen molar-refractivity contribution < 1.29 is 9.84 Å². The summed E-state index contributed by atoms with van der Waals surface area (Å²) in [4.78, 5) is 4.60. The van der Waals surface area contributed by atoms with Gasteiger partial charge in [0, 0.05) is 17.3 Å². The van der Waals surface area contributed by atoms with Gasteiger partial charge in [-0.3, -0.25) is 4.40 Å². The standard InChI is InChI=1S/C26H28N2O2/c1-17(2)30-22-12-8-19(9-13-22)23-16-28-24(15-27-25(28)14-18(23)3)20-6-10-21(11-7-20)26(4,5)29/h6-17,29H,1-5H3. The van der Waals surface area contributed by atoms with Crippen molar-refractivity contribution >= 4 is 5.65 Å². The molecule has 0 atom stereocenters. The summed E-state index contributed by atoms with van der Waals surface area (Å²) in [5.74, 6) is 0.877. The zero-order chi connectivity index (χ0) is 21.5. The first-order valence-electron chi connectivity index (χ1n) is 10.3. The Morgan fingerprint density at radius 1 is 0.967 bits per heavy atom. The number of ether oxygens (including phenoxy) is 1. The number of aryl methyl sites for hydroxylation is 1. The Kier molecular flexibility index (Phi) is 5.12. The molecule has 0 aliphatic carbocycles. The van der Waals surface area contributed by atoms with Gasteiger partial charge in [0.05, 0.1) is 23.6 Å². The number of rotatable bonds is 5. The third kappa shape index (κ3) is 3.96. The summed E-state index contributed by atoms with van der Waals surface area (Å²) in [5.41, 5.74) is 6.51. The minimum atomic E-state index is -0.853. The number of aliphatic hydroxyl groups is 1. The zero-order valence-electron chi connectivity index (χ0n) is 18.2. The van der Waals surface area contributed by atoms with E-state index in [-0.39, 0.29) is 6.10 Å². The number of fused-ring (bicyclic) bond motifs is 1. The zero-order valence-corrected chi connectivity index (χ0v) is 18.2. The van der Waals surface area contributed by atoms with Crippen LogP contribution >= 0.6 is 0 Å². The minimum Gasteiger partial charge on any atom is -0.491 e. The summed E-state index contributed by atoms with van der Waals surface area (Å²) in [5, 5.41) is 10.2. The van der Waals surface area contributed by atoms with Crippen molar-refractivity contribution in [3.05, 3.63) is 78.1 Å². The van der Waals surface area contributed by atoms with Gasteiger partial charge in [-0.2, -0.15) is 0 Å². The van der Waals surface area contributed by atoms with Crippen LogP contribution in [0.1, 0.15) is 38.8 Å². The minimum absolute atomic E-state index is 0.158. The van der Waals surface area contributed by atoms with Crippen LogP contribution in [-0.2, 0) is 5.60 Å². The third-order valence-corrected chi connectivity index (χ3v) is 5.28. The van der Waals surface area contributed by atoms with Gasteiger partial charge in [-0.25, -0.2) is 4.98 Å². The van der Waals surface area contributed by atoms with Crippen molar-refractivity contribution in [3.63, 3.8) is 0 Å². The molecule has 4 aromatic rings. The van der Waals surface area contributed by atoms with Gasteiger partial charge in [-0.15, -0.1) is 0 Å². The lowest BCUT2D eigenvalue weighted by Crippen LogP contribution is -2.14. The predicted octanol–water partition coefficient (Wildman–Crippen LogP) is 5.99. The Balaban J connectivity index is 1.74. The van der Waals surface area contributed by atoms with E-state index in [9.17, 15) is 5.11 Å². The maximum absolute atomic E-state index is 10.2. The maximum Gasteiger partial charge on any atom is 0.137 e. The molecule has 0 aliphatic rings. The van der Waals surface area contributed by atoms with Crippen molar-refractivity contribution in [1.29, 1.82) is 0 Å². The molecule has 0 amide bonds. The van der Waals surface area contributed by atoms with Crippen LogP contribution in [0.25, 0.3) is 28.0 Å². The van der Waals surface area contributed by atoms with Crippen molar-refractivity contribution in [1.82, 2.24) is 9.38 Å². The fourth-order valence-electron chi connectivity index (χ4n) is 3.67. The third-order valence-electron chi connectivity index (χ3n) is 5.28. The average molecular weight is 401 g/mol. The van der Waals surface area contributed by atoms with Gasteiger partial charge < -0.3 is 9.84 Å². The molecule has 0 saturated carbocycles. The first-order valence-corrected chi connectivity index (χ1v) is 10.3. The molecule has 0 fully saturated rings. The van der Waals surface area contributed by atoms with Gasteiger partial charge in [0.2, 0.25) is 0 Å². The lowest BCUT2D eigenvalue weighted by atomic mass is 9.97. The SMILES string of the molecule is Cc1cc2ncc(-c3ccc(C(C)(C)O)cc3)n2cc1-c1ccc(OC(C)C)cc1. The van der Waals surface area contributed by atoms with E-state index >= 15 is 0 Å². The van der Waals surface area contributed by atoms with E-state index in [4.69, 9.17) is 4.74 Å². The smallest absolute Gasteiger partial charge is 0.137 e. The summed E-state index contributed by atoms with van der Waals surface area (Å²) >= 11 is 0. The van der Waals surface area contributed by atoms with Gasteiger partial charge in [-0.05, 0) is 69.5 Å². The summed E-state index contributed by atoms with van der Waals surface area (Å²) in [6.45, 7) is 9.76. The molecule has 2 heterocycles. The Morgan fingerprint density at radius 3 is 2.20 bits per heavy atom. The molecule has 30 heavy (non-hydrogen) atoms. The second-order valence-electron chi connectivity index (χ2n) is 8.57. The number of nitrogens with zero attached hydrogens (tertiary/aromatic N) is 2. The molecule has 0 aliphatic heterocycles. The number of hydrogen-bond donors (Lipinski definition) is 1. The summed E-state index contributed by atoms with van der Waals surface area (Å²) in [7, 11) is 0. The van der Waals surface area contributed by atoms with Gasteiger partial charge in [0.15, 0.2) is 0 Å². The van der Waals surface area contributed by atoms with Crippen molar-refractivity contribution in [2.75, 3.05) is 0 Å². The molecule has 0 saturated heterocycles. The lowest BCUT2D eigenvalue weighted by molar-refractivity contribution is 0.0786. The summed E-state index contributed by atoms with van der Waals surface area (Å²) in [6.07, 6.45) is 4.21. The lowest BCUT2D eigenvalue weighted by Gasteiger charge is -2.18. The highest BCUT2D eigenvalue weighted by molar-refractivity contribution is 5.72. The molecule has 0 unspecified atom stereocenters. The van der Waals surface area contributed by atoms with E-state index in [1.165, 1.54) is 5.56 Å². The topological polar surface area (TPSA) is 46.8 Å². The largest absolute Gasteiger partial charge is 0.491 e. The molecule has 4 nitrogen and oxygen atoms in total. The highest BCUT2D eigenvalue weighted by Crippen LogP contribution is 2.30. The summed E-state index contributed by atoms with van der Waals surface area (Å²) < 4.78 is 7.90. The number of benzene rings is 2. The molecular weight excluding hydrogens is 372 g/mol. The molecule has 2 aromatic heterocycles. The monoisotopic (exact) mass is 400 g/mol. The molecule has 0 radical (unpaired) electrons. The fraction of sp³-hybridized carbons (Fsp3) is 0.269. The molecule has 2 aromatic carbocycles. The Morgan fingerprint density at radius 2 is 1.60 bits per heavy atom. The summed E-state index contributed by atoms with van der Waals surface area (Å²) in [6, 6.07) is 18.4. The Hall–Kier alpha value is -3.11. The van der Waals surface area contributed by atoms with Gasteiger partial charge in [0.1, 0.15) is 11.4 Å². The highest BCUT2D eigenvalue weighted by Gasteiger charge is 2.16. The van der Waals surface area contributed by atoms with Crippen LogP contribution in [0.15, 0.2) is 67.0 Å². The Labute approximate surface area is 177 Å². The van der Waals surface area contributed by atoms with Crippen LogP contribution in [-0.4, -0.2) is 20.6 Å². The number of hydrogen-bond acceptors (Lipinski definition) is 3. The van der Waals surface area contributed by atoms with E-state index in [2.05, 4.69) is 40.7 Å². The number of pyridine rings is 1. The van der Waals surface area contributed by atoms with Crippen LogP contribution in [0.5, 0.6) is 5.75 Å².